The van der Waals surface area contributed by atoms with E-state index in [0.29, 0.717) is 0 Å². The Bertz CT molecular complexity index is 2110. The van der Waals surface area contributed by atoms with Crippen molar-refractivity contribution in [2.24, 2.45) is 4.99 Å². The second-order valence-corrected chi connectivity index (χ2v) is 10.7. The van der Waals surface area contributed by atoms with Crippen molar-refractivity contribution >= 4 is 38.3 Å². The van der Waals surface area contributed by atoms with Gasteiger partial charge < -0.3 is 10.6 Å². The highest BCUT2D eigenvalue weighted by Gasteiger charge is 2.18. The first-order valence-corrected chi connectivity index (χ1v) is 14.2. The van der Waals surface area contributed by atoms with Gasteiger partial charge in [0.1, 0.15) is 5.84 Å². The van der Waals surface area contributed by atoms with E-state index >= 15 is 0 Å². The Kier molecular flexibility index (Phi) is 5.98. The van der Waals surface area contributed by atoms with Crippen molar-refractivity contribution in [2.45, 2.75) is 12.3 Å². The summed E-state index contributed by atoms with van der Waals surface area (Å²) in [5, 5.41) is 14.8. The highest BCUT2D eigenvalue weighted by Crippen LogP contribution is 2.38. The topological polar surface area (TPSA) is 51.4 Å². The maximum absolute atomic E-state index is 5.20. The van der Waals surface area contributed by atoms with E-state index in [-0.39, 0.29) is 12.3 Å². The summed E-state index contributed by atoms with van der Waals surface area (Å²) < 4.78 is 0. The minimum absolute atomic E-state index is 0.236. The molecule has 4 heteroatoms. The highest BCUT2D eigenvalue weighted by molar-refractivity contribution is 6.01. The van der Waals surface area contributed by atoms with E-state index in [1.807, 2.05) is 12.3 Å². The zero-order valence-corrected chi connectivity index (χ0v) is 22.9. The molecule has 1 N–H and O–H groups in total. The normalized spacial score (nSPS) is 16.8. The second kappa shape index (κ2) is 10.3. The van der Waals surface area contributed by atoms with Crippen LogP contribution in [0.4, 0.5) is 0 Å². The molecule has 0 saturated heterocycles. The zero-order valence-electron chi connectivity index (χ0n) is 22.9. The lowest BCUT2D eigenvalue weighted by molar-refractivity contribution is 0.632. The number of fused-ring (bicyclic) bond motifs is 3. The summed E-state index contributed by atoms with van der Waals surface area (Å²) in [4.78, 5) is 9.80. The first-order valence-electron chi connectivity index (χ1n) is 14.2. The molecule has 0 fully saturated rings. The molecule has 2 heterocycles. The second-order valence-electron chi connectivity index (χ2n) is 10.7. The van der Waals surface area contributed by atoms with Gasteiger partial charge >= 0.3 is 0 Å². The monoisotopic (exact) mass is 539 g/mol. The van der Waals surface area contributed by atoms with E-state index in [0.717, 1.165) is 44.6 Å². The van der Waals surface area contributed by atoms with E-state index in [9.17, 15) is 0 Å². The number of hydrogen-bond donors (Lipinski definition) is 1. The van der Waals surface area contributed by atoms with E-state index in [1.165, 1.54) is 21.5 Å². The van der Waals surface area contributed by atoms with Crippen LogP contribution in [0.3, 0.4) is 0 Å². The number of aromatic nitrogens is 1. The first-order chi connectivity index (χ1) is 20.8. The third-order valence-corrected chi connectivity index (χ3v) is 8.08. The fourth-order valence-electron chi connectivity index (χ4n) is 5.88. The molecule has 0 spiro atoms. The lowest BCUT2D eigenvalue weighted by Crippen LogP contribution is -2.34. The van der Waals surface area contributed by atoms with Crippen LogP contribution in [0.1, 0.15) is 29.0 Å². The van der Waals surface area contributed by atoms with Crippen LogP contribution in [0.15, 0.2) is 151 Å². The SMILES string of the molecule is c1ccc2cc(C3N=C(c4ccc(-c5cccc6cccnc56)cc4)NC(c4ccc5ccccc5c4)[N-]3)ccc2c1. The predicted octanol–water partition coefficient (Wildman–Crippen LogP) is 9.33. The number of aliphatic imine (C=N–C) groups is 1. The van der Waals surface area contributed by atoms with Gasteiger partial charge in [0.15, 0.2) is 0 Å². The van der Waals surface area contributed by atoms with Crippen LogP contribution in [0, 0.1) is 0 Å². The summed E-state index contributed by atoms with van der Waals surface area (Å²) in [5.74, 6) is 0.837. The molecule has 2 unspecified atom stereocenters. The van der Waals surface area contributed by atoms with Crippen LogP contribution in [0.25, 0.3) is 48.9 Å². The van der Waals surface area contributed by atoms with Crippen LogP contribution in [0.5, 0.6) is 0 Å². The molecule has 0 amide bonds. The van der Waals surface area contributed by atoms with Crippen molar-refractivity contribution in [1.29, 1.82) is 0 Å². The maximum Gasteiger partial charge on any atom is 0.126 e. The predicted molar refractivity (Wildman–Crippen MR) is 174 cm³/mol. The average Bonchev–Trinajstić information content (AvgIpc) is 3.07. The van der Waals surface area contributed by atoms with Crippen LogP contribution >= 0.6 is 0 Å². The fourth-order valence-corrected chi connectivity index (χ4v) is 5.88. The minimum Gasteiger partial charge on any atom is -0.613 e. The summed E-state index contributed by atoms with van der Waals surface area (Å²) in [7, 11) is 0. The number of nitrogens with one attached hydrogen (secondary N) is 1. The number of rotatable bonds is 4. The summed E-state index contributed by atoms with van der Waals surface area (Å²) in [6, 6.07) is 49.0. The first kappa shape index (κ1) is 24.5. The van der Waals surface area contributed by atoms with Crippen molar-refractivity contribution < 1.29 is 0 Å². The summed E-state index contributed by atoms with van der Waals surface area (Å²) in [5.41, 5.74) is 6.48. The Morgan fingerprint density at radius 3 is 1.90 bits per heavy atom. The Hall–Kier alpha value is -5.32. The number of hydrogen-bond acceptors (Lipinski definition) is 3. The van der Waals surface area contributed by atoms with E-state index in [4.69, 9.17) is 10.3 Å². The lowest BCUT2D eigenvalue weighted by Gasteiger charge is -2.44. The van der Waals surface area contributed by atoms with Crippen molar-refractivity contribution in [3.05, 3.63) is 168 Å². The van der Waals surface area contributed by atoms with E-state index in [1.54, 1.807) is 0 Å². The molecule has 1 aliphatic heterocycles. The third-order valence-electron chi connectivity index (χ3n) is 8.08. The molecule has 4 nitrogen and oxygen atoms in total. The molecule has 0 saturated carbocycles. The van der Waals surface area contributed by atoms with Crippen LogP contribution in [-0.2, 0) is 0 Å². The molecule has 0 radical (unpaired) electrons. The Morgan fingerprint density at radius 1 is 0.524 bits per heavy atom. The van der Waals surface area contributed by atoms with Gasteiger partial charge in [-0.15, -0.1) is 0 Å². The third kappa shape index (κ3) is 4.48. The minimum atomic E-state index is -0.329. The van der Waals surface area contributed by atoms with Crippen LogP contribution in [0.2, 0.25) is 0 Å². The molecule has 0 bridgehead atoms. The van der Waals surface area contributed by atoms with Gasteiger partial charge in [0.25, 0.3) is 0 Å². The fraction of sp³-hybridized carbons (Fsp3) is 0.0526. The molecule has 1 aliphatic rings. The molecule has 7 aromatic rings. The quantitative estimate of drug-likeness (QED) is 0.242. The smallest absolute Gasteiger partial charge is 0.126 e. The molecule has 0 aliphatic carbocycles. The summed E-state index contributed by atoms with van der Waals surface area (Å²) in [6.07, 6.45) is 1.29. The van der Waals surface area contributed by atoms with Crippen LogP contribution in [-0.4, -0.2) is 10.8 Å². The molecule has 1 aromatic heterocycles. The summed E-state index contributed by atoms with van der Waals surface area (Å²) in [6.45, 7) is 0. The molecule has 42 heavy (non-hydrogen) atoms. The lowest BCUT2D eigenvalue weighted by atomic mass is 9.99. The molecular weight excluding hydrogens is 512 g/mol. The molecule has 6 aromatic carbocycles. The number of para-hydroxylation sites is 1. The average molecular weight is 540 g/mol. The standard InChI is InChI=1S/C38H27N4/c1-3-9-30-23-32(20-14-25(30)7-1)37-40-36(41-38(42-37)33-21-15-26-8-2-4-10-31(26)24-33)29-18-16-27(17-19-29)34-13-5-11-28-12-6-22-39-35(28)34/h1-24,37-38H,(H,40,41)/q-1. The van der Waals surface area contributed by atoms with Gasteiger partial charge in [-0.2, -0.15) is 0 Å². The van der Waals surface area contributed by atoms with Crippen molar-refractivity contribution in [3.63, 3.8) is 0 Å². The van der Waals surface area contributed by atoms with Gasteiger partial charge in [0.05, 0.1) is 5.52 Å². The highest BCUT2D eigenvalue weighted by atomic mass is 15.3. The Labute approximate surface area is 244 Å². The Morgan fingerprint density at radius 2 is 1.14 bits per heavy atom. The molecule has 200 valence electrons. The van der Waals surface area contributed by atoms with E-state index < -0.39 is 0 Å². The maximum atomic E-state index is 5.20. The van der Waals surface area contributed by atoms with E-state index in [2.05, 4.69) is 144 Å². The number of nitrogens with zero attached hydrogens (tertiary/aromatic N) is 3. The molecule has 8 rings (SSSR count). The van der Waals surface area contributed by atoms with Gasteiger partial charge in [-0.3, -0.25) is 9.98 Å². The molecule has 2 atom stereocenters. The largest absolute Gasteiger partial charge is 0.613 e. The Balaban J connectivity index is 1.19. The number of benzene rings is 6. The van der Waals surface area contributed by atoms with Gasteiger partial charge in [-0.25, -0.2) is 0 Å². The zero-order chi connectivity index (χ0) is 27.9. The van der Waals surface area contributed by atoms with Crippen molar-refractivity contribution in [3.8, 4) is 11.1 Å². The number of pyridine rings is 1. The van der Waals surface area contributed by atoms with Crippen LogP contribution < -0.4 is 5.32 Å². The van der Waals surface area contributed by atoms with Gasteiger partial charge in [0, 0.05) is 22.7 Å². The van der Waals surface area contributed by atoms with Gasteiger partial charge in [-0.05, 0) is 56.6 Å². The summed E-state index contributed by atoms with van der Waals surface area (Å²) >= 11 is 0. The molecular formula is C38H27N4-. The van der Waals surface area contributed by atoms with Gasteiger partial charge in [0.2, 0.25) is 0 Å². The number of amidine groups is 1. The van der Waals surface area contributed by atoms with Crippen molar-refractivity contribution in [1.82, 2.24) is 10.3 Å². The van der Waals surface area contributed by atoms with Crippen molar-refractivity contribution in [2.75, 3.05) is 0 Å². The van der Waals surface area contributed by atoms with Gasteiger partial charge in [-0.1, -0.05) is 133 Å².